The maximum absolute atomic E-state index is 12.2. The first-order valence-electron chi connectivity index (χ1n) is 7.65. The minimum Gasteiger partial charge on any atom is -0.479 e. The van der Waals surface area contributed by atoms with E-state index in [9.17, 15) is 14.4 Å². The fourth-order valence-corrected chi connectivity index (χ4v) is 1.60. The maximum atomic E-state index is 12.2. The molecule has 0 aliphatic rings. The molecule has 0 aliphatic heterocycles. The van der Waals surface area contributed by atoms with Gasteiger partial charge in [0, 0.05) is 6.54 Å². The van der Waals surface area contributed by atoms with Gasteiger partial charge in [0.15, 0.2) is 6.10 Å². The molecule has 0 saturated carbocycles. The van der Waals surface area contributed by atoms with Gasteiger partial charge in [0.25, 0.3) is 0 Å². The fraction of sp³-hybridized carbons (Fsp3) is 0.812. The Kier molecular flexibility index (Phi) is 7.54. The summed E-state index contributed by atoms with van der Waals surface area (Å²) in [5.41, 5.74) is -1.71. The standard InChI is InChI=1S/C16H29NO6/c1-10(2)8-11(12(18)19)22-13(20)16(6,7)9-17-14(21)23-15(3,4)5/h10-11H,8-9H2,1-7H3,(H,17,21)(H,18,19). The third-order valence-electron chi connectivity index (χ3n) is 2.84. The number of hydrogen-bond acceptors (Lipinski definition) is 5. The number of esters is 1. The van der Waals surface area contributed by atoms with Gasteiger partial charge in [-0.3, -0.25) is 4.79 Å². The number of carbonyl (C=O) groups is 3. The molecule has 134 valence electrons. The van der Waals surface area contributed by atoms with Gasteiger partial charge in [-0.05, 0) is 47.0 Å². The summed E-state index contributed by atoms with van der Waals surface area (Å²) >= 11 is 0. The molecule has 2 N–H and O–H groups in total. The summed E-state index contributed by atoms with van der Waals surface area (Å²) in [6.07, 6.45) is -1.60. The molecule has 0 spiro atoms. The summed E-state index contributed by atoms with van der Waals surface area (Å²) in [4.78, 5) is 35.0. The molecular formula is C16H29NO6. The number of amides is 1. The van der Waals surface area contributed by atoms with Crippen LogP contribution in [0.2, 0.25) is 0 Å². The number of hydrogen-bond donors (Lipinski definition) is 2. The highest BCUT2D eigenvalue weighted by Gasteiger charge is 2.34. The van der Waals surface area contributed by atoms with Crippen molar-refractivity contribution in [2.45, 2.75) is 66.6 Å². The average Bonchev–Trinajstić information content (AvgIpc) is 2.32. The Morgan fingerprint density at radius 2 is 1.61 bits per heavy atom. The normalized spacial score (nSPS) is 13.4. The molecule has 0 saturated heterocycles. The number of carboxylic acids is 1. The molecular weight excluding hydrogens is 302 g/mol. The lowest BCUT2D eigenvalue weighted by molar-refractivity contribution is -0.171. The summed E-state index contributed by atoms with van der Waals surface area (Å²) in [5.74, 6) is -1.78. The van der Waals surface area contributed by atoms with Gasteiger partial charge in [0.1, 0.15) is 5.60 Å². The van der Waals surface area contributed by atoms with E-state index < -0.39 is 35.2 Å². The van der Waals surface area contributed by atoms with E-state index in [1.807, 2.05) is 13.8 Å². The van der Waals surface area contributed by atoms with Crippen molar-refractivity contribution in [3.05, 3.63) is 0 Å². The smallest absolute Gasteiger partial charge is 0.407 e. The number of alkyl carbamates (subject to hydrolysis) is 1. The SMILES string of the molecule is CC(C)CC(OC(=O)C(C)(C)CNC(=O)OC(C)(C)C)C(=O)O. The molecule has 0 heterocycles. The first-order chi connectivity index (χ1) is 10.2. The molecule has 7 nitrogen and oxygen atoms in total. The monoisotopic (exact) mass is 331 g/mol. The Morgan fingerprint density at radius 1 is 1.09 bits per heavy atom. The number of carbonyl (C=O) groups excluding carboxylic acids is 2. The van der Waals surface area contributed by atoms with E-state index in [1.165, 1.54) is 0 Å². The van der Waals surface area contributed by atoms with Crippen LogP contribution in [0.5, 0.6) is 0 Å². The van der Waals surface area contributed by atoms with Crippen LogP contribution in [0.25, 0.3) is 0 Å². The third-order valence-corrected chi connectivity index (χ3v) is 2.84. The molecule has 0 aromatic rings. The number of carboxylic acid groups (broad SMARTS) is 1. The van der Waals surface area contributed by atoms with Gasteiger partial charge in [0.05, 0.1) is 5.41 Å². The van der Waals surface area contributed by atoms with Crippen molar-refractivity contribution in [1.82, 2.24) is 5.32 Å². The van der Waals surface area contributed by atoms with Crippen LogP contribution in [0, 0.1) is 11.3 Å². The minimum atomic E-state index is -1.19. The molecule has 23 heavy (non-hydrogen) atoms. The van der Waals surface area contributed by atoms with E-state index in [0.29, 0.717) is 0 Å². The Balaban J connectivity index is 4.64. The second-order valence-corrected chi connectivity index (χ2v) is 7.60. The van der Waals surface area contributed by atoms with E-state index in [-0.39, 0.29) is 18.9 Å². The highest BCUT2D eigenvalue weighted by Crippen LogP contribution is 2.20. The van der Waals surface area contributed by atoms with E-state index in [0.717, 1.165) is 0 Å². The summed E-state index contributed by atoms with van der Waals surface area (Å²) < 4.78 is 10.2. The van der Waals surface area contributed by atoms with Gasteiger partial charge in [-0.1, -0.05) is 13.8 Å². The number of aliphatic carboxylic acids is 1. The van der Waals surface area contributed by atoms with Crippen LogP contribution >= 0.6 is 0 Å². The molecule has 0 fully saturated rings. The Morgan fingerprint density at radius 3 is 2.00 bits per heavy atom. The highest BCUT2D eigenvalue weighted by molar-refractivity contribution is 5.81. The Bertz CT molecular complexity index is 436. The third kappa shape index (κ3) is 9.05. The van der Waals surface area contributed by atoms with Crippen LogP contribution in [0.15, 0.2) is 0 Å². The van der Waals surface area contributed by atoms with Gasteiger partial charge >= 0.3 is 18.0 Å². The fourth-order valence-electron chi connectivity index (χ4n) is 1.60. The van der Waals surface area contributed by atoms with Crippen LogP contribution in [-0.4, -0.2) is 41.4 Å². The van der Waals surface area contributed by atoms with Crippen LogP contribution in [0.1, 0.15) is 54.9 Å². The van der Waals surface area contributed by atoms with Crippen molar-refractivity contribution >= 4 is 18.0 Å². The zero-order valence-corrected chi connectivity index (χ0v) is 15.1. The van der Waals surface area contributed by atoms with Gasteiger partial charge < -0.3 is 19.9 Å². The van der Waals surface area contributed by atoms with E-state index >= 15 is 0 Å². The molecule has 0 aromatic carbocycles. The molecule has 0 radical (unpaired) electrons. The van der Waals surface area contributed by atoms with Gasteiger partial charge in [-0.15, -0.1) is 0 Å². The lowest BCUT2D eigenvalue weighted by Gasteiger charge is -2.26. The van der Waals surface area contributed by atoms with Crippen molar-refractivity contribution in [3.8, 4) is 0 Å². The number of ether oxygens (including phenoxy) is 2. The molecule has 0 bridgehead atoms. The van der Waals surface area contributed by atoms with Crippen molar-refractivity contribution in [2.24, 2.45) is 11.3 Å². The Labute approximate surface area is 137 Å². The lowest BCUT2D eigenvalue weighted by Crippen LogP contribution is -2.43. The van der Waals surface area contributed by atoms with Gasteiger partial charge in [-0.25, -0.2) is 9.59 Å². The van der Waals surface area contributed by atoms with Crippen molar-refractivity contribution in [3.63, 3.8) is 0 Å². The van der Waals surface area contributed by atoms with Crippen molar-refractivity contribution < 1.29 is 29.0 Å². The molecule has 0 rings (SSSR count). The summed E-state index contributed by atoms with van der Waals surface area (Å²) in [6.45, 7) is 12.0. The topological polar surface area (TPSA) is 102 Å². The summed E-state index contributed by atoms with van der Waals surface area (Å²) in [6, 6.07) is 0. The second-order valence-electron chi connectivity index (χ2n) is 7.60. The van der Waals surface area contributed by atoms with E-state index in [4.69, 9.17) is 14.6 Å². The predicted molar refractivity (Wildman–Crippen MR) is 85.0 cm³/mol. The predicted octanol–water partition coefficient (Wildman–Crippen LogP) is 2.58. The molecule has 0 aliphatic carbocycles. The molecule has 7 heteroatoms. The van der Waals surface area contributed by atoms with Crippen LogP contribution in [-0.2, 0) is 19.1 Å². The van der Waals surface area contributed by atoms with E-state index in [1.54, 1.807) is 34.6 Å². The molecule has 1 unspecified atom stereocenters. The van der Waals surface area contributed by atoms with Gasteiger partial charge in [-0.2, -0.15) is 0 Å². The van der Waals surface area contributed by atoms with Crippen molar-refractivity contribution in [2.75, 3.05) is 6.54 Å². The Hall–Kier alpha value is -1.79. The van der Waals surface area contributed by atoms with Crippen LogP contribution < -0.4 is 5.32 Å². The first kappa shape index (κ1) is 21.2. The molecule has 0 aromatic heterocycles. The quantitative estimate of drug-likeness (QED) is 0.695. The highest BCUT2D eigenvalue weighted by atomic mass is 16.6. The van der Waals surface area contributed by atoms with E-state index in [2.05, 4.69) is 5.32 Å². The zero-order chi connectivity index (χ0) is 18.4. The average molecular weight is 331 g/mol. The first-order valence-corrected chi connectivity index (χ1v) is 7.65. The summed E-state index contributed by atoms with van der Waals surface area (Å²) in [5, 5.41) is 11.6. The van der Waals surface area contributed by atoms with Crippen molar-refractivity contribution in [1.29, 1.82) is 0 Å². The molecule has 1 amide bonds. The number of rotatable bonds is 7. The zero-order valence-electron chi connectivity index (χ0n) is 15.1. The lowest BCUT2D eigenvalue weighted by atomic mass is 9.93. The van der Waals surface area contributed by atoms with Crippen LogP contribution in [0.4, 0.5) is 4.79 Å². The second kappa shape index (κ2) is 8.17. The number of nitrogens with one attached hydrogen (secondary N) is 1. The molecule has 1 atom stereocenters. The summed E-state index contributed by atoms with van der Waals surface area (Å²) in [7, 11) is 0. The van der Waals surface area contributed by atoms with Gasteiger partial charge in [0.2, 0.25) is 0 Å². The minimum absolute atomic E-state index is 0.0191. The largest absolute Gasteiger partial charge is 0.479 e. The van der Waals surface area contributed by atoms with Crippen LogP contribution in [0.3, 0.4) is 0 Å². The maximum Gasteiger partial charge on any atom is 0.407 e.